The fraction of sp³-hybridized carbons (Fsp3) is 0.409. The average Bonchev–Trinajstić information content (AvgIpc) is 2.65. The van der Waals surface area contributed by atoms with E-state index < -0.39 is 5.97 Å². The van der Waals surface area contributed by atoms with E-state index >= 15 is 0 Å². The largest absolute Gasteiger partial charge is 0.478 e. The van der Waals surface area contributed by atoms with E-state index in [0.717, 1.165) is 31.1 Å². The highest BCUT2D eigenvalue weighted by molar-refractivity contribution is 5.87. The number of carboxylic acids is 1. The van der Waals surface area contributed by atoms with Gasteiger partial charge in [0.05, 0.1) is 5.56 Å². The summed E-state index contributed by atoms with van der Waals surface area (Å²) in [4.78, 5) is 13.4. The summed E-state index contributed by atoms with van der Waals surface area (Å²) >= 11 is 0. The lowest BCUT2D eigenvalue weighted by Gasteiger charge is -2.30. The Kier molecular flexibility index (Phi) is 6.42. The molecule has 0 atom stereocenters. The predicted molar refractivity (Wildman–Crippen MR) is 104 cm³/mol. The van der Waals surface area contributed by atoms with Crippen LogP contribution in [0.2, 0.25) is 0 Å². The highest BCUT2D eigenvalue weighted by Gasteiger charge is 2.15. The smallest absolute Gasteiger partial charge is 0.335 e. The zero-order valence-corrected chi connectivity index (χ0v) is 15.4. The molecule has 0 saturated carbocycles. The topological polar surface area (TPSA) is 52.6 Å². The Bertz CT molecular complexity index is 702. The number of likely N-dealkylation sites (tertiary alicyclic amines) is 1. The van der Waals surface area contributed by atoms with Gasteiger partial charge in [-0.1, -0.05) is 43.3 Å². The Balaban J connectivity index is 1.43. The molecule has 0 spiro atoms. The van der Waals surface area contributed by atoms with Crippen molar-refractivity contribution in [3.8, 4) is 0 Å². The lowest BCUT2D eigenvalue weighted by atomic mass is 9.99. The number of aromatic carboxylic acids is 1. The summed E-state index contributed by atoms with van der Waals surface area (Å²) in [5.74, 6) is -0.0105. The fourth-order valence-electron chi connectivity index (χ4n) is 3.36. The number of piperidine rings is 1. The third-order valence-electron chi connectivity index (χ3n) is 5.16. The minimum atomic E-state index is -0.885. The molecule has 0 bridgehead atoms. The number of nitrogens with one attached hydrogen (secondary N) is 1. The maximum absolute atomic E-state index is 10.9. The summed E-state index contributed by atoms with van der Waals surface area (Å²) in [6.45, 7) is 7.36. The molecule has 2 N–H and O–H groups in total. The summed E-state index contributed by atoms with van der Waals surface area (Å²) in [6, 6.07) is 15.9. The van der Waals surface area contributed by atoms with Crippen molar-refractivity contribution in [2.24, 2.45) is 5.92 Å². The number of benzene rings is 2. The quantitative estimate of drug-likeness (QED) is 0.793. The molecule has 2 aromatic carbocycles. The molecular formula is C22H28N2O2. The van der Waals surface area contributed by atoms with Gasteiger partial charge in [-0.05, 0) is 60.7 Å². The van der Waals surface area contributed by atoms with Crippen molar-refractivity contribution >= 4 is 5.97 Å². The highest BCUT2D eigenvalue weighted by atomic mass is 16.4. The van der Waals surface area contributed by atoms with E-state index in [0.29, 0.717) is 5.56 Å². The van der Waals surface area contributed by atoms with Crippen LogP contribution in [-0.4, -0.2) is 29.1 Å². The molecule has 0 unspecified atom stereocenters. The Hall–Kier alpha value is -2.17. The van der Waals surface area contributed by atoms with Crippen molar-refractivity contribution in [1.82, 2.24) is 10.2 Å². The van der Waals surface area contributed by atoms with Crippen LogP contribution in [0.5, 0.6) is 0 Å². The van der Waals surface area contributed by atoms with Crippen molar-refractivity contribution in [2.45, 2.75) is 39.4 Å². The fourth-order valence-corrected chi connectivity index (χ4v) is 3.36. The van der Waals surface area contributed by atoms with Crippen molar-refractivity contribution < 1.29 is 9.90 Å². The first kappa shape index (κ1) is 18.6. The van der Waals surface area contributed by atoms with E-state index in [1.54, 1.807) is 12.1 Å². The van der Waals surface area contributed by atoms with E-state index in [2.05, 4.69) is 41.4 Å². The van der Waals surface area contributed by atoms with Crippen LogP contribution < -0.4 is 5.32 Å². The standard InChI is InChI=1S/C22H28N2O2/c1-17-10-12-24(13-11-17)16-20-4-2-18(3-5-20)14-23-15-19-6-8-21(9-7-19)22(25)26/h2-9,17,23H,10-16H2,1H3,(H,25,26). The second-order valence-electron chi connectivity index (χ2n) is 7.38. The molecular weight excluding hydrogens is 324 g/mol. The van der Waals surface area contributed by atoms with E-state index in [-0.39, 0.29) is 0 Å². The van der Waals surface area contributed by atoms with Gasteiger partial charge < -0.3 is 10.4 Å². The third kappa shape index (κ3) is 5.41. The number of carboxylic acid groups (broad SMARTS) is 1. The maximum atomic E-state index is 10.9. The van der Waals surface area contributed by atoms with Crippen molar-refractivity contribution in [2.75, 3.05) is 13.1 Å². The van der Waals surface area contributed by atoms with Gasteiger partial charge in [-0.15, -0.1) is 0 Å². The first-order valence-electron chi connectivity index (χ1n) is 9.43. The molecule has 0 radical (unpaired) electrons. The second kappa shape index (κ2) is 8.97. The Morgan fingerprint density at radius 2 is 1.46 bits per heavy atom. The number of carbonyl (C=O) groups is 1. The van der Waals surface area contributed by atoms with Gasteiger partial charge in [0, 0.05) is 19.6 Å². The van der Waals surface area contributed by atoms with Gasteiger partial charge in [0.2, 0.25) is 0 Å². The summed E-state index contributed by atoms with van der Waals surface area (Å²) in [5.41, 5.74) is 4.06. The van der Waals surface area contributed by atoms with Gasteiger partial charge in [0.1, 0.15) is 0 Å². The Morgan fingerprint density at radius 3 is 2.00 bits per heavy atom. The summed E-state index contributed by atoms with van der Waals surface area (Å²) in [6.07, 6.45) is 2.63. The zero-order chi connectivity index (χ0) is 18.4. The van der Waals surface area contributed by atoms with Crippen LogP contribution >= 0.6 is 0 Å². The van der Waals surface area contributed by atoms with Crippen molar-refractivity contribution in [1.29, 1.82) is 0 Å². The molecule has 4 nitrogen and oxygen atoms in total. The Morgan fingerprint density at radius 1 is 0.962 bits per heavy atom. The molecule has 1 aliphatic rings. The van der Waals surface area contributed by atoms with Gasteiger partial charge in [0.25, 0.3) is 0 Å². The second-order valence-corrected chi connectivity index (χ2v) is 7.38. The minimum Gasteiger partial charge on any atom is -0.478 e. The molecule has 1 saturated heterocycles. The molecule has 138 valence electrons. The first-order valence-corrected chi connectivity index (χ1v) is 9.43. The van der Waals surface area contributed by atoms with Gasteiger partial charge in [-0.25, -0.2) is 4.79 Å². The van der Waals surface area contributed by atoms with Crippen LogP contribution in [0.3, 0.4) is 0 Å². The molecule has 0 aliphatic carbocycles. The minimum absolute atomic E-state index is 0.326. The highest BCUT2D eigenvalue weighted by Crippen LogP contribution is 2.18. The van der Waals surface area contributed by atoms with Crippen LogP contribution in [0, 0.1) is 5.92 Å². The van der Waals surface area contributed by atoms with Crippen LogP contribution in [0.25, 0.3) is 0 Å². The number of hydrogen-bond acceptors (Lipinski definition) is 3. The van der Waals surface area contributed by atoms with Crippen LogP contribution in [0.1, 0.15) is 46.8 Å². The van der Waals surface area contributed by atoms with Crippen LogP contribution in [0.15, 0.2) is 48.5 Å². The van der Waals surface area contributed by atoms with Gasteiger partial charge in [-0.2, -0.15) is 0 Å². The van der Waals surface area contributed by atoms with E-state index in [1.165, 1.54) is 37.1 Å². The molecule has 2 aromatic rings. The van der Waals surface area contributed by atoms with Crippen LogP contribution in [-0.2, 0) is 19.6 Å². The van der Waals surface area contributed by atoms with Crippen molar-refractivity contribution in [3.05, 3.63) is 70.8 Å². The molecule has 0 aromatic heterocycles. The van der Waals surface area contributed by atoms with E-state index in [4.69, 9.17) is 5.11 Å². The maximum Gasteiger partial charge on any atom is 0.335 e. The summed E-state index contributed by atoms with van der Waals surface area (Å²) < 4.78 is 0. The SMILES string of the molecule is CC1CCN(Cc2ccc(CNCc3ccc(C(=O)O)cc3)cc2)CC1. The lowest BCUT2D eigenvalue weighted by molar-refractivity contribution is 0.0697. The molecule has 26 heavy (non-hydrogen) atoms. The zero-order valence-electron chi connectivity index (χ0n) is 15.4. The van der Waals surface area contributed by atoms with Gasteiger partial charge in [-0.3, -0.25) is 4.90 Å². The normalized spacial score (nSPS) is 15.9. The number of hydrogen-bond donors (Lipinski definition) is 2. The number of rotatable bonds is 7. The average molecular weight is 352 g/mol. The van der Waals surface area contributed by atoms with E-state index in [1.807, 2.05) is 12.1 Å². The molecule has 1 aliphatic heterocycles. The molecule has 4 heteroatoms. The molecule has 1 heterocycles. The monoisotopic (exact) mass is 352 g/mol. The predicted octanol–water partition coefficient (Wildman–Crippen LogP) is 3.91. The van der Waals surface area contributed by atoms with Gasteiger partial charge >= 0.3 is 5.97 Å². The molecule has 1 fully saturated rings. The van der Waals surface area contributed by atoms with Crippen molar-refractivity contribution in [3.63, 3.8) is 0 Å². The first-order chi connectivity index (χ1) is 12.6. The Labute approximate surface area is 155 Å². The lowest BCUT2D eigenvalue weighted by Crippen LogP contribution is -2.32. The molecule has 3 rings (SSSR count). The number of nitrogens with zero attached hydrogens (tertiary/aromatic N) is 1. The molecule has 0 amide bonds. The summed E-state index contributed by atoms with van der Waals surface area (Å²) in [5, 5.41) is 12.3. The van der Waals surface area contributed by atoms with Gasteiger partial charge in [0.15, 0.2) is 0 Å². The summed E-state index contributed by atoms with van der Waals surface area (Å²) in [7, 11) is 0. The van der Waals surface area contributed by atoms with Crippen LogP contribution in [0.4, 0.5) is 0 Å². The third-order valence-corrected chi connectivity index (χ3v) is 5.16. The van der Waals surface area contributed by atoms with E-state index in [9.17, 15) is 4.79 Å².